The van der Waals surface area contributed by atoms with E-state index in [0.29, 0.717) is 17.1 Å². The fraction of sp³-hybridized carbons (Fsp3) is 0.310. The predicted molar refractivity (Wildman–Crippen MR) is 155 cm³/mol. The number of anilines is 1. The largest absolute Gasteiger partial charge is 0.497 e. The summed E-state index contributed by atoms with van der Waals surface area (Å²) in [5.41, 5.74) is 1.41. The number of aliphatic hydroxyl groups is 1. The first-order valence-corrected chi connectivity index (χ1v) is 14.5. The van der Waals surface area contributed by atoms with Gasteiger partial charge in [0.25, 0.3) is 15.9 Å². The van der Waals surface area contributed by atoms with Crippen molar-refractivity contribution in [2.24, 2.45) is 0 Å². The van der Waals surface area contributed by atoms with Crippen molar-refractivity contribution in [3.8, 4) is 29.1 Å². The molecule has 0 radical (unpaired) electrons. The number of aliphatic hydroxyl groups excluding tert-OH is 1. The molecule has 0 aliphatic rings. The van der Waals surface area contributed by atoms with Crippen molar-refractivity contribution in [3.05, 3.63) is 78.4 Å². The summed E-state index contributed by atoms with van der Waals surface area (Å²) in [7, 11) is -2.53. The van der Waals surface area contributed by atoms with E-state index in [0.717, 1.165) is 11.9 Å². The zero-order chi connectivity index (χ0) is 30.3. The second-order valence-electron chi connectivity index (χ2n) is 10.2. The van der Waals surface area contributed by atoms with Crippen LogP contribution in [0.25, 0.3) is 0 Å². The van der Waals surface area contributed by atoms with Gasteiger partial charge in [-0.25, -0.2) is 23.4 Å². The molecule has 12 nitrogen and oxygen atoms in total. The molecule has 0 spiro atoms. The Bertz CT molecular complexity index is 1590. The molecule has 2 N–H and O–H groups in total. The summed E-state index contributed by atoms with van der Waals surface area (Å²) in [6.07, 6.45) is 3.39. The van der Waals surface area contributed by atoms with Gasteiger partial charge in [0.05, 0.1) is 18.1 Å². The number of ether oxygens (including phenoxy) is 4. The number of hydrogen-bond acceptors (Lipinski definition) is 11. The van der Waals surface area contributed by atoms with E-state index in [-0.39, 0.29) is 47.0 Å². The minimum absolute atomic E-state index is 0.00649. The molecule has 4 rings (SSSR count). The fourth-order valence-corrected chi connectivity index (χ4v) is 4.63. The van der Waals surface area contributed by atoms with Crippen LogP contribution in [0.1, 0.15) is 44.9 Å². The molecule has 0 aliphatic carbocycles. The summed E-state index contributed by atoms with van der Waals surface area (Å²) in [4.78, 5) is 16.4. The zero-order valence-electron chi connectivity index (χ0n) is 23.9. The highest BCUT2D eigenvalue weighted by molar-refractivity contribution is 7.92. The summed E-state index contributed by atoms with van der Waals surface area (Å²) >= 11 is 0. The van der Waals surface area contributed by atoms with Gasteiger partial charge < -0.3 is 24.1 Å². The number of rotatable bonds is 12. The molecule has 2 aromatic heterocycles. The maximum atomic E-state index is 13.3. The Morgan fingerprint density at radius 3 is 2.24 bits per heavy atom. The highest BCUT2D eigenvalue weighted by Crippen LogP contribution is 2.37. The first-order chi connectivity index (χ1) is 20.0. The highest BCUT2D eigenvalue weighted by Gasteiger charge is 2.23. The van der Waals surface area contributed by atoms with E-state index in [1.54, 1.807) is 43.3 Å². The fourth-order valence-electron chi connectivity index (χ4n) is 3.62. The molecule has 0 amide bonds. The number of nitrogens with zero attached hydrogens (tertiary/aromatic N) is 4. The number of hydrogen-bond donors (Lipinski definition) is 2. The lowest BCUT2D eigenvalue weighted by Gasteiger charge is -2.19. The van der Waals surface area contributed by atoms with Crippen LogP contribution < -0.4 is 23.7 Å². The topological polar surface area (TPSA) is 155 Å². The van der Waals surface area contributed by atoms with Gasteiger partial charge in [0, 0.05) is 24.0 Å². The van der Waals surface area contributed by atoms with Gasteiger partial charge in [-0.05, 0) is 42.2 Å². The van der Waals surface area contributed by atoms with Gasteiger partial charge in [0.2, 0.25) is 5.75 Å². The first-order valence-electron chi connectivity index (χ1n) is 13.0. The van der Waals surface area contributed by atoms with Gasteiger partial charge in [-0.2, -0.15) is 4.98 Å². The van der Waals surface area contributed by atoms with Crippen molar-refractivity contribution in [2.45, 2.75) is 44.1 Å². The predicted octanol–water partition coefficient (Wildman–Crippen LogP) is 4.68. The standard InChI is InChI=1S/C29H33N5O7S/c1-19(35)20-16-30-28(31-17-20)40-14-13-39-27-25(41-23-8-6-7-22(15-23)38-5)26(32-18-33-27)34-42(36,37)24-11-9-21(10-12-24)29(2,3)4/h6-12,15-19,35H,13-14H2,1-5H3,(H,32,33,34). The molecule has 222 valence electrons. The molecule has 0 fully saturated rings. The van der Waals surface area contributed by atoms with Gasteiger partial charge in [-0.15, -0.1) is 0 Å². The normalized spacial score (nSPS) is 12.3. The first kappa shape index (κ1) is 30.5. The molecule has 42 heavy (non-hydrogen) atoms. The molecule has 0 aliphatic heterocycles. The number of sulfonamides is 1. The van der Waals surface area contributed by atoms with E-state index in [1.807, 2.05) is 20.8 Å². The second-order valence-corrected chi connectivity index (χ2v) is 11.9. The number of nitrogens with one attached hydrogen (secondary N) is 1. The van der Waals surface area contributed by atoms with Crippen LogP contribution in [-0.4, -0.2) is 53.8 Å². The van der Waals surface area contributed by atoms with Crippen molar-refractivity contribution in [1.29, 1.82) is 0 Å². The number of methoxy groups -OCH3 is 1. The molecular formula is C29H33N5O7S. The third-order valence-corrected chi connectivity index (χ3v) is 7.33. The lowest BCUT2D eigenvalue weighted by Crippen LogP contribution is -2.17. The van der Waals surface area contributed by atoms with Crippen molar-refractivity contribution in [1.82, 2.24) is 19.9 Å². The quantitative estimate of drug-likeness (QED) is 0.219. The van der Waals surface area contributed by atoms with E-state index >= 15 is 0 Å². The van der Waals surface area contributed by atoms with Crippen molar-refractivity contribution in [3.63, 3.8) is 0 Å². The lowest BCUT2D eigenvalue weighted by atomic mass is 9.87. The Kier molecular flexibility index (Phi) is 9.43. The van der Waals surface area contributed by atoms with Crippen LogP contribution in [0.3, 0.4) is 0 Å². The summed E-state index contributed by atoms with van der Waals surface area (Å²) in [6, 6.07) is 13.5. The molecule has 1 unspecified atom stereocenters. The molecule has 0 saturated heterocycles. The van der Waals surface area contributed by atoms with Crippen molar-refractivity contribution < 1.29 is 32.5 Å². The van der Waals surface area contributed by atoms with Crippen molar-refractivity contribution in [2.75, 3.05) is 25.0 Å². The summed E-state index contributed by atoms with van der Waals surface area (Å²) in [5.74, 6) is 0.663. The summed E-state index contributed by atoms with van der Waals surface area (Å²) < 4.78 is 51.8. The van der Waals surface area contributed by atoms with Gasteiger partial charge in [0.1, 0.15) is 31.0 Å². The van der Waals surface area contributed by atoms with Crippen LogP contribution in [-0.2, 0) is 15.4 Å². The van der Waals surface area contributed by atoms with Crippen LogP contribution in [0.4, 0.5) is 5.82 Å². The smallest absolute Gasteiger partial charge is 0.316 e. The Labute approximate surface area is 244 Å². The molecule has 4 aromatic rings. The average Bonchev–Trinajstić information content (AvgIpc) is 2.96. The van der Waals surface area contributed by atoms with Crippen LogP contribution in [0.2, 0.25) is 0 Å². The van der Waals surface area contributed by atoms with Gasteiger partial charge in [-0.1, -0.05) is 39.0 Å². The summed E-state index contributed by atoms with van der Waals surface area (Å²) in [6.45, 7) is 7.78. The third kappa shape index (κ3) is 7.83. The monoisotopic (exact) mass is 595 g/mol. The van der Waals surface area contributed by atoms with E-state index in [9.17, 15) is 13.5 Å². The summed E-state index contributed by atoms with van der Waals surface area (Å²) in [5, 5.41) is 9.60. The van der Waals surface area contributed by atoms with Gasteiger partial charge in [0.15, 0.2) is 5.82 Å². The van der Waals surface area contributed by atoms with Crippen LogP contribution in [0.5, 0.6) is 29.1 Å². The number of aromatic nitrogens is 4. The lowest BCUT2D eigenvalue weighted by molar-refractivity contribution is 0.191. The Hall–Kier alpha value is -4.49. The Morgan fingerprint density at radius 1 is 0.929 bits per heavy atom. The molecule has 2 aromatic carbocycles. The highest BCUT2D eigenvalue weighted by atomic mass is 32.2. The van der Waals surface area contributed by atoms with E-state index in [1.165, 1.54) is 31.6 Å². The number of benzene rings is 2. The minimum atomic E-state index is -4.05. The van der Waals surface area contributed by atoms with Crippen LogP contribution in [0.15, 0.2) is 72.1 Å². The van der Waals surface area contributed by atoms with Crippen molar-refractivity contribution >= 4 is 15.8 Å². The molecule has 0 saturated carbocycles. The molecule has 0 bridgehead atoms. The molecule has 13 heteroatoms. The maximum absolute atomic E-state index is 13.3. The van der Waals surface area contributed by atoms with E-state index in [4.69, 9.17) is 18.9 Å². The zero-order valence-corrected chi connectivity index (χ0v) is 24.8. The Balaban J connectivity index is 1.56. The van der Waals surface area contributed by atoms with Crippen LogP contribution in [0, 0.1) is 0 Å². The SMILES string of the molecule is COc1cccc(Oc2c(NS(=O)(=O)c3ccc(C(C)(C)C)cc3)ncnc2OCCOc2ncc(C(C)O)cn2)c1. The minimum Gasteiger partial charge on any atom is -0.497 e. The second kappa shape index (κ2) is 13.0. The Morgan fingerprint density at radius 2 is 1.60 bits per heavy atom. The third-order valence-electron chi connectivity index (χ3n) is 5.98. The average molecular weight is 596 g/mol. The van der Waals surface area contributed by atoms with Gasteiger partial charge >= 0.3 is 6.01 Å². The maximum Gasteiger partial charge on any atom is 0.316 e. The van der Waals surface area contributed by atoms with Crippen LogP contribution >= 0.6 is 0 Å². The molecular weight excluding hydrogens is 562 g/mol. The van der Waals surface area contributed by atoms with E-state index in [2.05, 4.69) is 24.7 Å². The van der Waals surface area contributed by atoms with Gasteiger partial charge in [-0.3, -0.25) is 4.72 Å². The molecule has 1 atom stereocenters. The van der Waals surface area contributed by atoms with E-state index < -0.39 is 16.1 Å². The molecule has 2 heterocycles.